The maximum Gasteiger partial charge on any atom is 0.0745 e. The van der Waals surface area contributed by atoms with Crippen LogP contribution in [-0.2, 0) is 4.74 Å². The van der Waals surface area contributed by atoms with E-state index in [1.165, 1.54) is 19.3 Å². The van der Waals surface area contributed by atoms with Crippen molar-refractivity contribution in [2.24, 2.45) is 5.41 Å². The van der Waals surface area contributed by atoms with Gasteiger partial charge in [0.15, 0.2) is 0 Å². The van der Waals surface area contributed by atoms with Crippen LogP contribution in [0.2, 0.25) is 0 Å². The van der Waals surface area contributed by atoms with Gasteiger partial charge in [-0.05, 0) is 18.8 Å². The average molecular weight is 216 g/mol. The van der Waals surface area contributed by atoms with Crippen LogP contribution in [0.3, 0.4) is 0 Å². The molecule has 2 nitrogen and oxygen atoms in total. The zero-order chi connectivity index (χ0) is 11.9. The van der Waals surface area contributed by atoms with E-state index in [2.05, 4.69) is 27.7 Å². The maximum atomic E-state index is 9.21. The third-order valence-corrected chi connectivity index (χ3v) is 2.57. The fraction of sp³-hybridized carbons (Fsp3) is 1.00. The Morgan fingerprint density at radius 2 is 1.80 bits per heavy atom. The van der Waals surface area contributed by atoms with Crippen molar-refractivity contribution in [2.75, 3.05) is 6.61 Å². The molecule has 2 atom stereocenters. The Labute approximate surface area is 95.0 Å². The molecule has 0 amide bonds. The first-order valence-electron chi connectivity index (χ1n) is 6.17. The first-order chi connectivity index (χ1) is 6.88. The number of aliphatic hydroxyl groups excluding tert-OH is 1. The number of hydrogen-bond acceptors (Lipinski definition) is 2. The fourth-order valence-corrected chi connectivity index (χ4v) is 1.60. The van der Waals surface area contributed by atoms with Gasteiger partial charge in [0, 0.05) is 0 Å². The SMILES string of the molecule is CCCCCC(OCC(C)O)C(C)(C)C. The molecule has 0 bridgehead atoms. The molecule has 1 N–H and O–H groups in total. The Hall–Kier alpha value is -0.0800. The molecule has 0 aliphatic rings. The summed E-state index contributed by atoms with van der Waals surface area (Å²) in [7, 11) is 0. The summed E-state index contributed by atoms with van der Waals surface area (Å²) < 4.78 is 5.76. The first kappa shape index (κ1) is 14.9. The predicted octanol–water partition coefficient (Wildman–Crippen LogP) is 3.38. The van der Waals surface area contributed by atoms with E-state index in [0.717, 1.165) is 6.42 Å². The molecule has 0 rings (SSSR count). The Morgan fingerprint density at radius 3 is 2.20 bits per heavy atom. The Kier molecular flexibility index (Phi) is 7.20. The normalized spacial score (nSPS) is 16.4. The molecule has 0 aliphatic heterocycles. The van der Waals surface area contributed by atoms with Crippen molar-refractivity contribution in [2.45, 2.75) is 72.5 Å². The molecule has 0 aromatic rings. The molecular formula is C13H28O2. The standard InChI is InChI=1S/C13H28O2/c1-6-7-8-9-12(13(3,4)5)15-10-11(2)14/h11-12,14H,6-10H2,1-5H3. The molecular weight excluding hydrogens is 188 g/mol. The van der Waals surface area contributed by atoms with E-state index in [4.69, 9.17) is 4.74 Å². The van der Waals surface area contributed by atoms with E-state index in [1.807, 2.05) is 0 Å². The zero-order valence-corrected chi connectivity index (χ0v) is 11.0. The van der Waals surface area contributed by atoms with Gasteiger partial charge in [-0.1, -0.05) is 47.0 Å². The Morgan fingerprint density at radius 1 is 1.20 bits per heavy atom. The van der Waals surface area contributed by atoms with Crippen LogP contribution in [-0.4, -0.2) is 23.9 Å². The van der Waals surface area contributed by atoms with Crippen molar-refractivity contribution < 1.29 is 9.84 Å². The van der Waals surface area contributed by atoms with E-state index >= 15 is 0 Å². The molecule has 92 valence electrons. The van der Waals surface area contributed by atoms with Crippen LogP contribution in [0.25, 0.3) is 0 Å². The van der Waals surface area contributed by atoms with Crippen molar-refractivity contribution in [3.8, 4) is 0 Å². The summed E-state index contributed by atoms with van der Waals surface area (Å²) in [6, 6.07) is 0. The Bertz CT molecular complexity index is 147. The summed E-state index contributed by atoms with van der Waals surface area (Å²) in [5.74, 6) is 0. The van der Waals surface area contributed by atoms with Gasteiger partial charge in [0.05, 0.1) is 18.8 Å². The second-order valence-corrected chi connectivity index (χ2v) is 5.53. The number of unbranched alkanes of at least 4 members (excludes halogenated alkanes) is 2. The minimum absolute atomic E-state index is 0.169. The van der Waals surface area contributed by atoms with Crippen LogP contribution in [0, 0.1) is 5.41 Å². The number of rotatable bonds is 7. The summed E-state index contributed by atoms with van der Waals surface area (Å²) in [5.41, 5.74) is 0.169. The molecule has 0 aromatic heterocycles. The first-order valence-corrected chi connectivity index (χ1v) is 6.17. The van der Waals surface area contributed by atoms with Crippen LogP contribution in [0.1, 0.15) is 60.3 Å². The highest BCUT2D eigenvalue weighted by atomic mass is 16.5. The molecule has 0 aliphatic carbocycles. The second-order valence-electron chi connectivity index (χ2n) is 5.53. The minimum Gasteiger partial charge on any atom is -0.391 e. The van der Waals surface area contributed by atoms with Gasteiger partial charge in [0.25, 0.3) is 0 Å². The van der Waals surface area contributed by atoms with E-state index in [9.17, 15) is 5.11 Å². The van der Waals surface area contributed by atoms with E-state index in [1.54, 1.807) is 6.92 Å². The van der Waals surface area contributed by atoms with Crippen LogP contribution in [0.5, 0.6) is 0 Å². The summed E-state index contributed by atoms with van der Waals surface area (Å²) >= 11 is 0. The monoisotopic (exact) mass is 216 g/mol. The van der Waals surface area contributed by atoms with E-state index in [-0.39, 0.29) is 17.6 Å². The number of ether oxygens (including phenoxy) is 1. The van der Waals surface area contributed by atoms with Crippen molar-refractivity contribution in [1.29, 1.82) is 0 Å². The zero-order valence-electron chi connectivity index (χ0n) is 11.0. The lowest BCUT2D eigenvalue weighted by Crippen LogP contribution is -2.31. The van der Waals surface area contributed by atoms with Gasteiger partial charge in [-0.15, -0.1) is 0 Å². The minimum atomic E-state index is -0.360. The molecule has 0 fully saturated rings. The van der Waals surface area contributed by atoms with Crippen LogP contribution in [0.4, 0.5) is 0 Å². The summed E-state index contributed by atoms with van der Waals surface area (Å²) in [6.07, 6.45) is 4.74. The van der Waals surface area contributed by atoms with Crippen LogP contribution >= 0.6 is 0 Å². The molecule has 0 heterocycles. The lowest BCUT2D eigenvalue weighted by molar-refractivity contribution is -0.0558. The van der Waals surface area contributed by atoms with Crippen LogP contribution in [0.15, 0.2) is 0 Å². The number of hydrogen-bond donors (Lipinski definition) is 1. The third-order valence-electron chi connectivity index (χ3n) is 2.57. The lowest BCUT2D eigenvalue weighted by Gasteiger charge is -2.31. The topological polar surface area (TPSA) is 29.5 Å². The number of aliphatic hydroxyl groups is 1. The molecule has 2 heteroatoms. The largest absolute Gasteiger partial charge is 0.391 e. The van der Waals surface area contributed by atoms with Crippen molar-refractivity contribution in [1.82, 2.24) is 0 Å². The lowest BCUT2D eigenvalue weighted by atomic mass is 9.86. The highest BCUT2D eigenvalue weighted by molar-refractivity contribution is 4.74. The second kappa shape index (κ2) is 7.24. The summed E-state index contributed by atoms with van der Waals surface area (Å²) in [5, 5.41) is 9.21. The summed E-state index contributed by atoms with van der Waals surface area (Å²) in [4.78, 5) is 0. The predicted molar refractivity (Wildman–Crippen MR) is 65.0 cm³/mol. The van der Waals surface area contributed by atoms with Gasteiger partial charge < -0.3 is 9.84 Å². The molecule has 2 unspecified atom stereocenters. The van der Waals surface area contributed by atoms with Gasteiger partial charge in [-0.2, -0.15) is 0 Å². The molecule has 0 aromatic carbocycles. The highest BCUT2D eigenvalue weighted by Crippen LogP contribution is 2.26. The van der Waals surface area contributed by atoms with Crippen molar-refractivity contribution >= 4 is 0 Å². The molecule has 15 heavy (non-hydrogen) atoms. The smallest absolute Gasteiger partial charge is 0.0745 e. The highest BCUT2D eigenvalue weighted by Gasteiger charge is 2.25. The van der Waals surface area contributed by atoms with E-state index in [0.29, 0.717) is 6.61 Å². The third kappa shape index (κ3) is 7.80. The molecule has 0 radical (unpaired) electrons. The van der Waals surface area contributed by atoms with Gasteiger partial charge >= 0.3 is 0 Å². The average Bonchev–Trinajstić information content (AvgIpc) is 2.08. The van der Waals surface area contributed by atoms with Gasteiger partial charge in [0.1, 0.15) is 0 Å². The molecule has 0 spiro atoms. The van der Waals surface area contributed by atoms with Gasteiger partial charge in [0.2, 0.25) is 0 Å². The van der Waals surface area contributed by atoms with E-state index < -0.39 is 0 Å². The van der Waals surface area contributed by atoms with Crippen LogP contribution < -0.4 is 0 Å². The van der Waals surface area contributed by atoms with Gasteiger partial charge in [-0.25, -0.2) is 0 Å². The fourth-order valence-electron chi connectivity index (χ4n) is 1.60. The maximum absolute atomic E-state index is 9.21. The van der Waals surface area contributed by atoms with Crippen molar-refractivity contribution in [3.63, 3.8) is 0 Å². The molecule has 0 saturated heterocycles. The van der Waals surface area contributed by atoms with Gasteiger partial charge in [-0.3, -0.25) is 0 Å². The van der Waals surface area contributed by atoms with Crippen molar-refractivity contribution in [3.05, 3.63) is 0 Å². The quantitative estimate of drug-likeness (QED) is 0.661. The Balaban J connectivity index is 3.96. The summed E-state index contributed by atoms with van der Waals surface area (Å²) in [6.45, 7) is 11.0. The molecule has 0 saturated carbocycles.